The van der Waals surface area contributed by atoms with Gasteiger partial charge in [0.1, 0.15) is 12.4 Å². The van der Waals surface area contributed by atoms with Crippen molar-refractivity contribution in [1.29, 1.82) is 0 Å². The summed E-state index contributed by atoms with van der Waals surface area (Å²) in [7, 11) is 1.68. The van der Waals surface area contributed by atoms with Crippen LogP contribution in [0.2, 0.25) is 0 Å². The number of guanidine groups is 1. The van der Waals surface area contributed by atoms with E-state index in [1.54, 1.807) is 7.05 Å². The zero-order valence-corrected chi connectivity index (χ0v) is 15.8. The van der Waals surface area contributed by atoms with Gasteiger partial charge in [0, 0.05) is 19.2 Å². The molecule has 0 atom stereocenters. The van der Waals surface area contributed by atoms with Crippen LogP contribution >= 0.6 is 0 Å². The summed E-state index contributed by atoms with van der Waals surface area (Å²) in [5.74, 6) is -1.03. The van der Waals surface area contributed by atoms with E-state index in [1.165, 1.54) is 6.07 Å². The van der Waals surface area contributed by atoms with E-state index in [1.807, 2.05) is 6.92 Å². The Hall–Kier alpha value is -2.38. The zero-order chi connectivity index (χ0) is 19.6. The molecule has 2 rings (SSSR count). The summed E-state index contributed by atoms with van der Waals surface area (Å²) < 4.78 is 36.5. The van der Waals surface area contributed by atoms with E-state index >= 15 is 0 Å². The van der Waals surface area contributed by atoms with Crippen LogP contribution in [-0.4, -0.2) is 44.8 Å². The van der Waals surface area contributed by atoms with Crippen LogP contribution in [0.25, 0.3) is 0 Å². The van der Waals surface area contributed by atoms with E-state index in [0.717, 1.165) is 37.8 Å². The number of carbonyl (C=O) groups is 1. The van der Waals surface area contributed by atoms with Crippen molar-refractivity contribution in [2.45, 2.75) is 38.6 Å². The highest BCUT2D eigenvalue weighted by Gasteiger charge is 2.27. The van der Waals surface area contributed by atoms with E-state index < -0.39 is 11.6 Å². The second kappa shape index (κ2) is 10.7. The molecule has 6 nitrogen and oxygen atoms in total. The van der Waals surface area contributed by atoms with E-state index in [-0.39, 0.29) is 30.3 Å². The average molecular weight is 383 g/mol. The summed E-state index contributed by atoms with van der Waals surface area (Å²) >= 11 is 0. The zero-order valence-electron chi connectivity index (χ0n) is 15.8. The van der Waals surface area contributed by atoms with Crippen molar-refractivity contribution in [3.05, 3.63) is 29.8 Å². The molecule has 0 aromatic heterocycles. The molecule has 1 aromatic rings. The quantitative estimate of drug-likeness (QED) is 0.328. The number of halogens is 2. The maximum Gasteiger partial charge on any atom is 0.308 e. The molecule has 2 N–H and O–H groups in total. The third-order valence-corrected chi connectivity index (χ3v) is 4.47. The number of carbonyl (C=O) groups excluding carboxylic acids is 1. The molecule has 0 radical (unpaired) electrons. The summed E-state index contributed by atoms with van der Waals surface area (Å²) in [6, 6.07) is 3.68. The number of hydrogen-bond acceptors (Lipinski definition) is 4. The summed E-state index contributed by atoms with van der Waals surface area (Å²) in [4.78, 5) is 16.0. The Morgan fingerprint density at radius 3 is 2.59 bits per heavy atom. The second-order valence-electron chi connectivity index (χ2n) is 6.37. The van der Waals surface area contributed by atoms with Crippen molar-refractivity contribution >= 4 is 11.9 Å². The number of benzene rings is 1. The number of nitrogens with zero attached hydrogens (tertiary/aromatic N) is 1. The summed E-state index contributed by atoms with van der Waals surface area (Å²) in [6.45, 7) is 2.97. The van der Waals surface area contributed by atoms with Gasteiger partial charge in [0.2, 0.25) is 0 Å². The Morgan fingerprint density at radius 1 is 1.22 bits per heavy atom. The number of rotatable bonds is 7. The fourth-order valence-electron chi connectivity index (χ4n) is 3.03. The van der Waals surface area contributed by atoms with Crippen molar-refractivity contribution in [2.24, 2.45) is 10.9 Å². The molecule has 0 heterocycles. The van der Waals surface area contributed by atoms with Crippen molar-refractivity contribution in [3.63, 3.8) is 0 Å². The minimum Gasteiger partial charge on any atom is -0.492 e. The predicted octanol–water partition coefficient (Wildman–Crippen LogP) is 2.63. The van der Waals surface area contributed by atoms with Gasteiger partial charge in [0.15, 0.2) is 17.6 Å². The van der Waals surface area contributed by atoms with Crippen LogP contribution in [0.15, 0.2) is 23.2 Å². The molecule has 1 aromatic carbocycles. The first-order chi connectivity index (χ1) is 13.0. The maximum absolute atomic E-state index is 13.1. The van der Waals surface area contributed by atoms with E-state index in [2.05, 4.69) is 15.6 Å². The minimum atomic E-state index is -0.934. The normalized spacial score (nSPS) is 20.1. The summed E-state index contributed by atoms with van der Waals surface area (Å²) in [5.41, 5.74) is 0. The standard InChI is InChI=1S/C19H27F2N3O3/c1-3-26-18(25)13-4-6-14(7-5-13)24-19(22-2)23-10-11-27-15-8-9-16(20)17(21)12-15/h8-9,12-14H,3-7,10-11H2,1-2H3,(H2,22,23,24). The first kappa shape index (κ1) is 20.9. The van der Waals surface area contributed by atoms with Crippen molar-refractivity contribution in [2.75, 3.05) is 26.8 Å². The molecule has 0 spiro atoms. The number of hydrogen-bond donors (Lipinski definition) is 2. The highest BCUT2D eigenvalue weighted by Crippen LogP contribution is 2.25. The molecule has 1 saturated carbocycles. The molecule has 1 aliphatic rings. The van der Waals surface area contributed by atoms with Gasteiger partial charge in [-0.3, -0.25) is 9.79 Å². The van der Waals surface area contributed by atoms with Crippen molar-refractivity contribution < 1.29 is 23.0 Å². The monoisotopic (exact) mass is 383 g/mol. The van der Waals surface area contributed by atoms with Crippen LogP contribution < -0.4 is 15.4 Å². The molecule has 1 fully saturated rings. The van der Waals surface area contributed by atoms with E-state index in [0.29, 0.717) is 19.1 Å². The largest absolute Gasteiger partial charge is 0.492 e. The lowest BCUT2D eigenvalue weighted by Gasteiger charge is -2.29. The summed E-state index contributed by atoms with van der Waals surface area (Å²) in [5, 5.41) is 6.46. The third-order valence-electron chi connectivity index (χ3n) is 4.47. The molecule has 0 bridgehead atoms. The highest BCUT2D eigenvalue weighted by atomic mass is 19.2. The smallest absolute Gasteiger partial charge is 0.308 e. The number of esters is 1. The average Bonchev–Trinajstić information content (AvgIpc) is 2.67. The molecule has 8 heteroatoms. The van der Waals surface area contributed by atoms with Gasteiger partial charge >= 0.3 is 5.97 Å². The first-order valence-electron chi connectivity index (χ1n) is 9.25. The van der Waals surface area contributed by atoms with Crippen LogP contribution in [0.4, 0.5) is 8.78 Å². The van der Waals surface area contributed by atoms with Gasteiger partial charge in [-0.15, -0.1) is 0 Å². The molecular formula is C19H27F2N3O3. The van der Waals surface area contributed by atoms with Gasteiger partial charge in [-0.05, 0) is 44.7 Å². The lowest BCUT2D eigenvalue weighted by atomic mass is 9.86. The Morgan fingerprint density at radius 2 is 1.96 bits per heavy atom. The van der Waals surface area contributed by atoms with Gasteiger partial charge in [-0.25, -0.2) is 8.78 Å². The van der Waals surface area contributed by atoms with Gasteiger partial charge in [-0.1, -0.05) is 0 Å². The molecule has 0 unspecified atom stereocenters. The van der Waals surface area contributed by atoms with Crippen LogP contribution in [0.3, 0.4) is 0 Å². The second-order valence-corrected chi connectivity index (χ2v) is 6.37. The SMILES string of the molecule is CCOC(=O)C1CCC(NC(=NC)NCCOc2ccc(F)c(F)c2)CC1. The topological polar surface area (TPSA) is 72.0 Å². The molecule has 0 saturated heterocycles. The van der Waals surface area contributed by atoms with Crippen molar-refractivity contribution in [3.8, 4) is 5.75 Å². The Labute approximate surface area is 158 Å². The maximum atomic E-state index is 13.1. The lowest BCUT2D eigenvalue weighted by molar-refractivity contribution is -0.149. The van der Waals surface area contributed by atoms with Crippen LogP contribution in [0.1, 0.15) is 32.6 Å². The Balaban J connectivity index is 1.67. The van der Waals surface area contributed by atoms with Gasteiger partial charge in [0.05, 0.1) is 19.1 Å². The van der Waals surface area contributed by atoms with Gasteiger partial charge in [0.25, 0.3) is 0 Å². The lowest BCUT2D eigenvalue weighted by Crippen LogP contribution is -2.46. The Kier molecular flexibility index (Phi) is 8.29. The molecule has 0 aliphatic heterocycles. The fraction of sp³-hybridized carbons (Fsp3) is 0.579. The third kappa shape index (κ3) is 6.69. The van der Waals surface area contributed by atoms with Crippen molar-refractivity contribution in [1.82, 2.24) is 10.6 Å². The highest BCUT2D eigenvalue weighted by molar-refractivity contribution is 5.80. The number of nitrogens with one attached hydrogen (secondary N) is 2. The van der Waals surface area contributed by atoms with Crippen LogP contribution in [0, 0.1) is 17.6 Å². The minimum absolute atomic E-state index is 0.0116. The molecule has 0 amide bonds. The fourth-order valence-corrected chi connectivity index (χ4v) is 3.03. The Bertz CT molecular complexity index is 647. The van der Waals surface area contributed by atoms with E-state index in [4.69, 9.17) is 9.47 Å². The van der Waals surface area contributed by atoms with Crippen LogP contribution in [-0.2, 0) is 9.53 Å². The van der Waals surface area contributed by atoms with E-state index in [9.17, 15) is 13.6 Å². The number of aliphatic imine (C=N–C) groups is 1. The van der Waals surface area contributed by atoms with Gasteiger partial charge in [-0.2, -0.15) is 0 Å². The predicted molar refractivity (Wildman–Crippen MR) is 98.7 cm³/mol. The number of ether oxygens (including phenoxy) is 2. The van der Waals surface area contributed by atoms with Gasteiger partial charge < -0.3 is 20.1 Å². The summed E-state index contributed by atoms with van der Waals surface area (Å²) in [6.07, 6.45) is 3.34. The molecule has 27 heavy (non-hydrogen) atoms. The van der Waals surface area contributed by atoms with Crippen LogP contribution in [0.5, 0.6) is 5.75 Å². The molecule has 1 aliphatic carbocycles. The molecule has 150 valence electrons. The first-order valence-corrected chi connectivity index (χ1v) is 9.25. The molecular weight excluding hydrogens is 356 g/mol.